The number of amides is 4. The Bertz CT molecular complexity index is 805. The van der Waals surface area contributed by atoms with Crippen LogP contribution in [0.2, 0.25) is 0 Å². The molecule has 0 spiro atoms. The number of carboxylic acid groups (broad SMARTS) is 3. The summed E-state index contributed by atoms with van der Waals surface area (Å²) in [5.74, 6) is -8.42. The predicted molar refractivity (Wildman–Crippen MR) is 117 cm³/mol. The first-order chi connectivity index (χ1) is 16.3. The third-order valence-corrected chi connectivity index (χ3v) is 4.62. The number of rotatable bonds is 18. The fraction of sp³-hybridized carbons (Fsp3) is 0.632. The lowest BCUT2D eigenvalue weighted by Crippen LogP contribution is -2.58. The van der Waals surface area contributed by atoms with Gasteiger partial charge in [-0.3, -0.25) is 28.8 Å². The van der Waals surface area contributed by atoms with Crippen molar-refractivity contribution in [3.05, 3.63) is 0 Å². The molecule has 0 saturated carbocycles. The van der Waals surface area contributed by atoms with Gasteiger partial charge in [0.2, 0.25) is 23.6 Å². The maximum atomic E-state index is 12.7. The number of carbonyl (C=O) groups excluding carboxylic acids is 4. The van der Waals surface area contributed by atoms with Gasteiger partial charge in [0.05, 0.1) is 18.9 Å². The van der Waals surface area contributed by atoms with Gasteiger partial charge < -0.3 is 48.5 Å². The van der Waals surface area contributed by atoms with Crippen LogP contribution >= 0.6 is 0 Å². The molecule has 4 unspecified atom stereocenters. The molecule has 16 heteroatoms. The summed E-state index contributed by atoms with van der Waals surface area (Å²) in [6.45, 7) is 0.297. The van der Waals surface area contributed by atoms with Gasteiger partial charge in [-0.05, 0) is 32.2 Å². The summed E-state index contributed by atoms with van der Waals surface area (Å²) in [5, 5.41) is 33.4. The molecule has 0 radical (unpaired) electrons. The molecule has 0 fully saturated rings. The van der Waals surface area contributed by atoms with E-state index in [1.54, 1.807) is 0 Å². The Hall–Kier alpha value is -3.79. The smallest absolute Gasteiger partial charge is 0.326 e. The van der Waals surface area contributed by atoms with Gasteiger partial charge in [0.25, 0.3) is 0 Å². The quantitative estimate of drug-likeness (QED) is 0.0812. The first kappa shape index (κ1) is 31.2. The second kappa shape index (κ2) is 15.9. The van der Waals surface area contributed by atoms with Crippen LogP contribution in [0.5, 0.6) is 0 Å². The lowest BCUT2D eigenvalue weighted by Gasteiger charge is -2.24. The van der Waals surface area contributed by atoms with Crippen molar-refractivity contribution in [1.82, 2.24) is 16.0 Å². The second-order valence-electron chi connectivity index (χ2n) is 7.61. The Morgan fingerprint density at radius 3 is 1.66 bits per heavy atom. The van der Waals surface area contributed by atoms with Crippen LogP contribution in [0.3, 0.4) is 0 Å². The lowest BCUT2D eigenvalue weighted by molar-refractivity contribution is -0.144. The molecule has 4 atom stereocenters. The molecule has 0 aliphatic carbocycles. The van der Waals surface area contributed by atoms with Gasteiger partial charge in [0, 0.05) is 6.42 Å². The van der Waals surface area contributed by atoms with Gasteiger partial charge in [-0.1, -0.05) is 0 Å². The first-order valence-corrected chi connectivity index (χ1v) is 10.6. The van der Waals surface area contributed by atoms with E-state index in [0.29, 0.717) is 19.4 Å². The van der Waals surface area contributed by atoms with Gasteiger partial charge in [-0.2, -0.15) is 0 Å². The molecular formula is C19H32N6O10. The standard InChI is InChI=1S/C19H32N6O10/c20-6-2-1-3-10(19(34)35)23-18(33)12(8-15(29)30)25-17(32)11(7-13(22)26)24-16(31)9(21)4-5-14(27)28/h9-12H,1-8,20-21H2,(H2,22,26)(H,23,33)(H,24,31)(H,25,32)(H,27,28)(H,29,30)(H,34,35). The summed E-state index contributed by atoms with van der Waals surface area (Å²) in [4.78, 5) is 82.0. The maximum absolute atomic E-state index is 12.7. The monoisotopic (exact) mass is 504 g/mol. The Morgan fingerprint density at radius 2 is 1.20 bits per heavy atom. The highest BCUT2D eigenvalue weighted by Gasteiger charge is 2.32. The van der Waals surface area contributed by atoms with E-state index in [4.69, 9.17) is 27.4 Å². The average molecular weight is 504 g/mol. The van der Waals surface area contributed by atoms with Crippen LogP contribution in [0, 0.1) is 0 Å². The number of aliphatic carboxylic acids is 3. The molecule has 12 N–H and O–H groups in total. The maximum Gasteiger partial charge on any atom is 0.326 e. The summed E-state index contributed by atoms with van der Waals surface area (Å²) in [6, 6.07) is -6.16. The summed E-state index contributed by atoms with van der Waals surface area (Å²) in [5.41, 5.74) is 16.0. The Morgan fingerprint density at radius 1 is 0.686 bits per heavy atom. The van der Waals surface area contributed by atoms with E-state index in [2.05, 4.69) is 16.0 Å². The predicted octanol–water partition coefficient (Wildman–Crippen LogP) is -3.80. The zero-order valence-electron chi connectivity index (χ0n) is 18.9. The molecule has 0 saturated heterocycles. The summed E-state index contributed by atoms with van der Waals surface area (Å²) < 4.78 is 0. The molecule has 0 bridgehead atoms. The van der Waals surface area contributed by atoms with Crippen molar-refractivity contribution in [2.45, 2.75) is 69.1 Å². The summed E-state index contributed by atoms with van der Waals surface area (Å²) in [7, 11) is 0. The SMILES string of the molecule is NCCCCC(NC(=O)C(CC(=O)O)NC(=O)C(CC(N)=O)NC(=O)C(N)CCC(=O)O)C(=O)O. The third-order valence-electron chi connectivity index (χ3n) is 4.62. The minimum Gasteiger partial charge on any atom is -0.481 e. The average Bonchev–Trinajstić information content (AvgIpc) is 2.74. The van der Waals surface area contributed by atoms with Crippen LogP contribution < -0.4 is 33.2 Å². The highest BCUT2D eigenvalue weighted by Crippen LogP contribution is 2.04. The van der Waals surface area contributed by atoms with Gasteiger partial charge in [-0.15, -0.1) is 0 Å². The third kappa shape index (κ3) is 13.5. The Labute approximate surface area is 199 Å². The van der Waals surface area contributed by atoms with E-state index >= 15 is 0 Å². The summed E-state index contributed by atoms with van der Waals surface area (Å²) >= 11 is 0. The van der Waals surface area contributed by atoms with E-state index in [1.807, 2.05) is 0 Å². The number of primary amides is 1. The van der Waals surface area contributed by atoms with E-state index in [0.717, 1.165) is 0 Å². The highest BCUT2D eigenvalue weighted by molar-refractivity contribution is 5.97. The highest BCUT2D eigenvalue weighted by atomic mass is 16.4. The van der Waals surface area contributed by atoms with Crippen LogP contribution in [-0.4, -0.2) is 87.6 Å². The zero-order valence-corrected chi connectivity index (χ0v) is 18.9. The molecule has 0 heterocycles. The lowest BCUT2D eigenvalue weighted by atomic mass is 10.1. The molecule has 4 amide bonds. The molecule has 0 aromatic carbocycles. The Balaban J connectivity index is 5.47. The second-order valence-corrected chi connectivity index (χ2v) is 7.61. The minimum atomic E-state index is -1.76. The number of hydrogen-bond acceptors (Lipinski definition) is 9. The molecule has 16 nitrogen and oxygen atoms in total. The Kier molecular flexibility index (Phi) is 14.2. The fourth-order valence-electron chi connectivity index (χ4n) is 2.78. The topological polar surface area (TPSA) is 294 Å². The molecule has 0 rings (SSSR count). The van der Waals surface area contributed by atoms with Gasteiger partial charge in [-0.25, -0.2) is 4.79 Å². The van der Waals surface area contributed by atoms with E-state index < -0.39 is 85.0 Å². The van der Waals surface area contributed by atoms with Gasteiger partial charge in [0.1, 0.15) is 18.1 Å². The van der Waals surface area contributed by atoms with Crippen molar-refractivity contribution in [2.75, 3.05) is 6.54 Å². The van der Waals surface area contributed by atoms with Crippen LogP contribution in [0.4, 0.5) is 0 Å². The number of nitrogens with two attached hydrogens (primary N) is 3. The molecule has 0 aliphatic heterocycles. The van der Waals surface area contributed by atoms with Crippen molar-refractivity contribution < 1.29 is 48.9 Å². The van der Waals surface area contributed by atoms with Crippen molar-refractivity contribution in [3.8, 4) is 0 Å². The number of carboxylic acids is 3. The zero-order chi connectivity index (χ0) is 27.1. The fourth-order valence-corrected chi connectivity index (χ4v) is 2.78. The van der Waals surface area contributed by atoms with Crippen molar-refractivity contribution in [3.63, 3.8) is 0 Å². The molecule has 198 valence electrons. The summed E-state index contributed by atoms with van der Waals surface area (Å²) in [6.07, 6.45) is -1.57. The molecule has 0 aromatic rings. The number of unbranched alkanes of at least 4 members (excludes halogenated alkanes) is 1. The first-order valence-electron chi connectivity index (χ1n) is 10.6. The molecular weight excluding hydrogens is 472 g/mol. The van der Waals surface area contributed by atoms with Crippen molar-refractivity contribution in [1.29, 1.82) is 0 Å². The largest absolute Gasteiger partial charge is 0.481 e. The molecule has 35 heavy (non-hydrogen) atoms. The van der Waals surface area contributed by atoms with Gasteiger partial charge >= 0.3 is 17.9 Å². The minimum absolute atomic E-state index is 0.000595. The number of nitrogens with one attached hydrogen (secondary N) is 3. The van der Waals surface area contributed by atoms with E-state index in [9.17, 15) is 38.7 Å². The normalized spacial score (nSPS) is 14.0. The van der Waals surface area contributed by atoms with Crippen molar-refractivity contribution >= 4 is 41.5 Å². The number of hydrogen-bond donors (Lipinski definition) is 9. The van der Waals surface area contributed by atoms with E-state index in [1.165, 1.54) is 0 Å². The molecule has 0 aliphatic rings. The van der Waals surface area contributed by atoms with Crippen LogP contribution in [0.1, 0.15) is 44.9 Å². The van der Waals surface area contributed by atoms with Crippen molar-refractivity contribution in [2.24, 2.45) is 17.2 Å². The van der Waals surface area contributed by atoms with Crippen LogP contribution in [0.15, 0.2) is 0 Å². The van der Waals surface area contributed by atoms with E-state index in [-0.39, 0.29) is 12.8 Å². The number of carbonyl (C=O) groups is 7. The van der Waals surface area contributed by atoms with Gasteiger partial charge in [0.15, 0.2) is 0 Å². The molecule has 0 aromatic heterocycles. The van der Waals surface area contributed by atoms with Crippen LogP contribution in [-0.2, 0) is 33.6 Å². The van der Waals surface area contributed by atoms with Crippen LogP contribution in [0.25, 0.3) is 0 Å².